The van der Waals surface area contributed by atoms with E-state index in [-0.39, 0.29) is 36.3 Å². The van der Waals surface area contributed by atoms with Gasteiger partial charge in [-0.1, -0.05) is 12.8 Å². The monoisotopic (exact) mass is 279 g/mol. The summed E-state index contributed by atoms with van der Waals surface area (Å²) in [6.45, 7) is 1.44. The Morgan fingerprint density at radius 1 is 1.05 bits per heavy atom. The molecule has 0 atom stereocenters. The first-order valence-corrected chi connectivity index (χ1v) is 7.55. The number of carbonyl (C=O) groups excluding carboxylic acids is 3. The Bertz CT molecular complexity index is 407. The zero-order chi connectivity index (χ0) is 14.1. The quantitative estimate of drug-likeness (QED) is 0.757. The molecule has 1 saturated carbocycles. The van der Waals surface area contributed by atoms with E-state index in [1.165, 1.54) is 4.90 Å². The topological polar surface area (TPSA) is 69.7 Å². The first-order chi connectivity index (χ1) is 9.66. The minimum Gasteiger partial charge on any atom is -0.342 e. The second-order valence-electron chi connectivity index (χ2n) is 5.96. The first kappa shape index (κ1) is 13.4. The smallest absolute Gasteiger partial charge is 0.324 e. The Morgan fingerprint density at radius 3 is 2.25 bits per heavy atom. The number of hydrogen-bond donors (Lipinski definition) is 1. The van der Waals surface area contributed by atoms with Gasteiger partial charge in [0.1, 0.15) is 0 Å². The fraction of sp³-hybridized carbons (Fsp3) is 0.786. The fourth-order valence-electron chi connectivity index (χ4n) is 3.58. The van der Waals surface area contributed by atoms with E-state index in [2.05, 4.69) is 5.32 Å². The lowest BCUT2D eigenvalue weighted by molar-refractivity contribution is -0.137. The second kappa shape index (κ2) is 5.42. The maximum atomic E-state index is 12.3. The number of likely N-dealkylation sites (tertiary alicyclic amines) is 1. The molecule has 1 aliphatic carbocycles. The highest BCUT2D eigenvalue weighted by Gasteiger charge is 2.38. The molecule has 1 N–H and O–H groups in total. The van der Waals surface area contributed by atoms with Crippen molar-refractivity contribution in [2.75, 3.05) is 19.6 Å². The standard InChI is InChI=1S/C14H21N3O3/c18-12-9-15-14(20)17(12)11-5-7-16(8-6-11)13(19)10-3-1-2-4-10/h10-11H,1-9H2,(H,15,20). The van der Waals surface area contributed by atoms with Crippen LogP contribution in [0.1, 0.15) is 38.5 Å². The Balaban J connectivity index is 1.55. The minimum atomic E-state index is -0.282. The molecule has 0 unspecified atom stereocenters. The van der Waals surface area contributed by atoms with Crippen molar-refractivity contribution >= 4 is 17.8 Å². The van der Waals surface area contributed by atoms with Crippen LogP contribution in [0.15, 0.2) is 0 Å². The molecule has 0 spiro atoms. The third-order valence-electron chi connectivity index (χ3n) is 4.72. The third kappa shape index (κ3) is 2.39. The number of piperidine rings is 1. The van der Waals surface area contributed by atoms with Crippen LogP contribution < -0.4 is 5.32 Å². The maximum absolute atomic E-state index is 12.3. The Hall–Kier alpha value is -1.59. The van der Waals surface area contributed by atoms with Crippen LogP contribution in [0.25, 0.3) is 0 Å². The molecule has 4 amide bonds. The van der Waals surface area contributed by atoms with Gasteiger partial charge in [-0.2, -0.15) is 0 Å². The van der Waals surface area contributed by atoms with Crippen molar-refractivity contribution in [2.24, 2.45) is 5.92 Å². The van der Waals surface area contributed by atoms with Crippen LogP contribution in [-0.2, 0) is 9.59 Å². The van der Waals surface area contributed by atoms with E-state index in [0.29, 0.717) is 25.9 Å². The number of imide groups is 1. The molecule has 0 radical (unpaired) electrons. The second-order valence-corrected chi connectivity index (χ2v) is 5.96. The average Bonchev–Trinajstić information content (AvgIpc) is 3.09. The summed E-state index contributed by atoms with van der Waals surface area (Å²) in [7, 11) is 0. The highest BCUT2D eigenvalue weighted by Crippen LogP contribution is 2.28. The maximum Gasteiger partial charge on any atom is 0.324 e. The van der Waals surface area contributed by atoms with Crippen molar-refractivity contribution in [3.05, 3.63) is 0 Å². The molecule has 0 aromatic rings. The number of hydrogen-bond acceptors (Lipinski definition) is 3. The van der Waals surface area contributed by atoms with Gasteiger partial charge in [-0.3, -0.25) is 14.5 Å². The normalized spacial score (nSPS) is 25.4. The van der Waals surface area contributed by atoms with Crippen LogP contribution in [-0.4, -0.2) is 53.3 Å². The van der Waals surface area contributed by atoms with Crippen LogP contribution in [0.4, 0.5) is 4.79 Å². The fourth-order valence-corrected chi connectivity index (χ4v) is 3.58. The summed E-state index contributed by atoms with van der Waals surface area (Å²) in [5.74, 6) is 0.344. The summed E-state index contributed by atoms with van der Waals surface area (Å²) in [6.07, 6.45) is 5.78. The predicted octanol–water partition coefficient (Wildman–Crippen LogP) is 0.719. The lowest BCUT2D eigenvalue weighted by Gasteiger charge is -2.36. The van der Waals surface area contributed by atoms with Crippen molar-refractivity contribution < 1.29 is 14.4 Å². The van der Waals surface area contributed by atoms with E-state index in [1.807, 2.05) is 4.90 Å². The number of nitrogens with one attached hydrogen (secondary N) is 1. The molecule has 6 heteroatoms. The molecule has 20 heavy (non-hydrogen) atoms. The highest BCUT2D eigenvalue weighted by atomic mass is 16.2. The molecule has 0 bridgehead atoms. The molecule has 2 heterocycles. The molecule has 6 nitrogen and oxygen atoms in total. The van der Waals surface area contributed by atoms with Gasteiger partial charge in [0.15, 0.2) is 0 Å². The summed E-state index contributed by atoms with van der Waals surface area (Å²) in [5, 5.41) is 2.55. The molecule has 110 valence electrons. The predicted molar refractivity (Wildman–Crippen MR) is 71.8 cm³/mol. The van der Waals surface area contributed by atoms with Gasteiger partial charge in [-0.15, -0.1) is 0 Å². The van der Waals surface area contributed by atoms with Crippen LogP contribution in [0.3, 0.4) is 0 Å². The average molecular weight is 279 g/mol. The molecule has 2 saturated heterocycles. The van der Waals surface area contributed by atoms with E-state index >= 15 is 0 Å². The van der Waals surface area contributed by atoms with Crippen molar-refractivity contribution in [2.45, 2.75) is 44.6 Å². The molecular formula is C14H21N3O3. The van der Waals surface area contributed by atoms with Crippen molar-refractivity contribution in [1.29, 1.82) is 0 Å². The Morgan fingerprint density at radius 2 is 1.70 bits per heavy atom. The van der Waals surface area contributed by atoms with Gasteiger partial charge in [0.05, 0.1) is 6.54 Å². The zero-order valence-electron chi connectivity index (χ0n) is 11.6. The SMILES string of the molecule is O=C(C1CCCC1)N1CCC(N2C(=O)CNC2=O)CC1. The summed E-state index contributed by atoms with van der Waals surface area (Å²) < 4.78 is 0. The van der Waals surface area contributed by atoms with Crippen molar-refractivity contribution in [1.82, 2.24) is 15.1 Å². The number of urea groups is 1. The molecule has 0 aromatic carbocycles. The lowest BCUT2D eigenvalue weighted by Crippen LogP contribution is -2.49. The van der Waals surface area contributed by atoms with E-state index in [4.69, 9.17) is 0 Å². The molecule has 2 aliphatic heterocycles. The van der Waals surface area contributed by atoms with Gasteiger partial charge >= 0.3 is 6.03 Å². The Kier molecular flexibility index (Phi) is 3.63. The van der Waals surface area contributed by atoms with E-state index in [0.717, 1.165) is 25.7 Å². The van der Waals surface area contributed by atoms with Crippen LogP contribution in [0, 0.1) is 5.92 Å². The Labute approximate surface area is 118 Å². The van der Waals surface area contributed by atoms with E-state index in [9.17, 15) is 14.4 Å². The van der Waals surface area contributed by atoms with Gasteiger partial charge in [0, 0.05) is 25.0 Å². The number of carbonyl (C=O) groups is 3. The van der Waals surface area contributed by atoms with E-state index < -0.39 is 0 Å². The third-order valence-corrected chi connectivity index (χ3v) is 4.72. The minimum absolute atomic E-state index is 0.0439. The summed E-state index contributed by atoms with van der Waals surface area (Å²) >= 11 is 0. The van der Waals surface area contributed by atoms with Crippen molar-refractivity contribution in [3.63, 3.8) is 0 Å². The molecule has 3 aliphatic rings. The van der Waals surface area contributed by atoms with Gasteiger partial charge in [-0.25, -0.2) is 4.79 Å². The number of amides is 4. The lowest BCUT2D eigenvalue weighted by atomic mass is 10.00. The molecule has 3 fully saturated rings. The van der Waals surface area contributed by atoms with Crippen LogP contribution in [0.2, 0.25) is 0 Å². The summed E-state index contributed by atoms with van der Waals surface area (Å²) in [4.78, 5) is 38.9. The van der Waals surface area contributed by atoms with E-state index in [1.54, 1.807) is 0 Å². The van der Waals surface area contributed by atoms with Crippen molar-refractivity contribution in [3.8, 4) is 0 Å². The highest BCUT2D eigenvalue weighted by molar-refractivity contribution is 6.02. The number of nitrogens with zero attached hydrogens (tertiary/aromatic N) is 2. The molecular weight excluding hydrogens is 258 g/mol. The summed E-state index contributed by atoms with van der Waals surface area (Å²) in [6, 6.07) is -0.326. The molecule has 3 rings (SSSR count). The summed E-state index contributed by atoms with van der Waals surface area (Å²) in [5.41, 5.74) is 0. The van der Waals surface area contributed by atoms with Gasteiger partial charge in [0.2, 0.25) is 11.8 Å². The van der Waals surface area contributed by atoms with Crippen LogP contribution in [0.5, 0.6) is 0 Å². The largest absolute Gasteiger partial charge is 0.342 e. The zero-order valence-corrected chi connectivity index (χ0v) is 11.6. The van der Waals surface area contributed by atoms with Gasteiger partial charge in [0.25, 0.3) is 0 Å². The van der Waals surface area contributed by atoms with Gasteiger partial charge < -0.3 is 10.2 Å². The number of rotatable bonds is 2. The van der Waals surface area contributed by atoms with Gasteiger partial charge in [-0.05, 0) is 25.7 Å². The first-order valence-electron chi connectivity index (χ1n) is 7.55. The van der Waals surface area contributed by atoms with Crippen LogP contribution >= 0.6 is 0 Å². The molecule has 0 aromatic heterocycles.